The third-order valence-electron chi connectivity index (χ3n) is 4.80. The van der Waals surface area contributed by atoms with Gasteiger partial charge in [0.2, 0.25) is 11.7 Å². The molecule has 2 amide bonds. The standard InChI is InChI=1S/C20H18Cl2N4O2/c21-15-7-4-8-16(22)17(15)23-20(27)26-11-9-14(10-12-26)19-24-18(25-28-19)13-5-2-1-3-6-13/h1-8,14H,9-12H2,(H,23,27). The molecule has 1 N–H and O–H groups in total. The van der Waals surface area contributed by atoms with E-state index in [0.29, 0.717) is 40.5 Å². The Bertz CT molecular complexity index is 949. The molecule has 0 spiro atoms. The maximum absolute atomic E-state index is 12.6. The number of para-hydroxylation sites is 1. The van der Waals surface area contributed by atoms with Crippen LogP contribution in [0.25, 0.3) is 11.4 Å². The molecule has 3 aromatic rings. The first-order valence-electron chi connectivity index (χ1n) is 9.01. The van der Waals surface area contributed by atoms with Gasteiger partial charge in [0, 0.05) is 24.6 Å². The molecule has 1 saturated heterocycles. The van der Waals surface area contributed by atoms with Gasteiger partial charge in [0.1, 0.15) is 0 Å². The van der Waals surface area contributed by atoms with Gasteiger partial charge in [0.05, 0.1) is 15.7 Å². The maximum atomic E-state index is 12.6. The highest BCUT2D eigenvalue weighted by molar-refractivity contribution is 6.39. The van der Waals surface area contributed by atoms with E-state index in [9.17, 15) is 4.79 Å². The molecule has 0 unspecified atom stereocenters. The predicted molar refractivity (Wildman–Crippen MR) is 109 cm³/mol. The smallest absolute Gasteiger partial charge is 0.321 e. The summed E-state index contributed by atoms with van der Waals surface area (Å²) < 4.78 is 5.47. The van der Waals surface area contributed by atoms with E-state index in [2.05, 4.69) is 15.5 Å². The molecule has 4 rings (SSSR count). The van der Waals surface area contributed by atoms with E-state index in [1.807, 2.05) is 30.3 Å². The van der Waals surface area contributed by atoms with Crippen molar-refractivity contribution in [1.82, 2.24) is 15.0 Å². The average Bonchev–Trinajstić information content (AvgIpc) is 3.22. The molecule has 28 heavy (non-hydrogen) atoms. The predicted octanol–water partition coefficient (Wildman–Crippen LogP) is 5.45. The zero-order valence-corrected chi connectivity index (χ0v) is 16.5. The van der Waals surface area contributed by atoms with Gasteiger partial charge in [-0.05, 0) is 25.0 Å². The van der Waals surface area contributed by atoms with Crippen LogP contribution in [-0.4, -0.2) is 34.2 Å². The SMILES string of the molecule is O=C(Nc1c(Cl)cccc1Cl)N1CCC(c2nc(-c3ccccc3)no2)CC1. The van der Waals surface area contributed by atoms with Crippen LogP contribution < -0.4 is 5.32 Å². The summed E-state index contributed by atoms with van der Waals surface area (Å²) in [5.74, 6) is 1.34. The lowest BCUT2D eigenvalue weighted by Crippen LogP contribution is -2.40. The van der Waals surface area contributed by atoms with Crippen molar-refractivity contribution < 1.29 is 9.32 Å². The van der Waals surface area contributed by atoms with Crippen molar-refractivity contribution >= 4 is 34.9 Å². The fourth-order valence-electron chi connectivity index (χ4n) is 3.24. The van der Waals surface area contributed by atoms with Crippen molar-refractivity contribution in [2.45, 2.75) is 18.8 Å². The summed E-state index contributed by atoms with van der Waals surface area (Å²) in [6.07, 6.45) is 1.50. The Morgan fingerprint density at radius 3 is 2.39 bits per heavy atom. The Morgan fingerprint density at radius 1 is 1.04 bits per heavy atom. The van der Waals surface area contributed by atoms with Gasteiger partial charge in [-0.3, -0.25) is 0 Å². The van der Waals surface area contributed by atoms with E-state index >= 15 is 0 Å². The van der Waals surface area contributed by atoms with Crippen LogP contribution in [0.3, 0.4) is 0 Å². The molecule has 0 bridgehead atoms. The van der Waals surface area contributed by atoms with Crippen LogP contribution in [0, 0.1) is 0 Å². The van der Waals surface area contributed by atoms with Gasteiger partial charge < -0.3 is 14.7 Å². The Hall–Kier alpha value is -2.57. The maximum Gasteiger partial charge on any atom is 0.321 e. The van der Waals surface area contributed by atoms with E-state index in [-0.39, 0.29) is 11.9 Å². The number of amides is 2. The number of anilines is 1. The molecule has 2 aromatic carbocycles. The molecule has 0 saturated carbocycles. The third kappa shape index (κ3) is 3.98. The Kier molecular flexibility index (Phi) is 5.50. The van der Waals surface area contributed by atoms with Crippen molar-refractivity contribution in [1.29, 1.82) is 0 Å². The van der Waals surface area contributed by atoms with E-state index in [4.69, 9.17) is 27.7 Å². The number of halogens is 2. The Morgan fingerprint density at radius 2 is 1.71 bits per heavy atom. The first-order valence-corrected chi connectivity index (χ1v) is 9.76. The first-order chi connectivity index (χ1) is 13.6. The lowest BCUT2D eigenvalue weighted by atomic mass is 9.97. The molecule has 1 aliphatic heterocycles. The minimum absolute atomic E-state index is 0.137. The van der Waals surface area contributed by atoms with Crippen molar-refractivity contribution in [3.63, 3.8) is 0 Å². The second-order valence-electron chi connectivity index (χ2n) is 6.61. The van der Waals surface area contributed by atoms with Crippen LogP contribution in [0.1, 0.15) is 24.7 Å². The Labute approximate surface area is 172 Å². The largest absolute Gasteiger partial charge is 0.339 e. The highest BCUT2D eigenvalue weighted by Gasteiger charge is 2.28. The van der Waals surface area contributed by atoms with Crippen molar-refractivity contribution in [2.75, 3.05) is 18.4 Å². The zero-order chi connectivity index (χ0) is 19.5. The van der Waals surface area contributed by atoms with E-state index in [1.165, 1.54) is 0 Å². The molecular formula is C20H18Cl2N4O2. The summed E-state index contributed by atoms with van der Waals surface area (Å²) in [4.78, 5) is 18.8. The molecule has 1 aromatic heterocycles. The second kappa shape index (κ2) is 8.20. The number of carbonyl (C=O) groups is 1. The molecule has 1 aliphatic rings. The number of hydrogen-bond donors (Lipinski definition) is 1. The van der Waals surface area contributed by atoms with Gasteiger partial charge in [0.25, 0.3) is 0 Å². The summed E-state index contributed by atoms with van der Waals surface area (Å²) in [7, 11) is 0. The summed E-state index contributed by atoms with van der Waals surface area (Å²) in [5.41, 5.74) is 1.35. The van der Waals surface area contributed by atoms with E-state index in [0.717, 1.165) is 18.4 Å². The number of urea groups is 1. The number of piperidine rings is 1. The number of rotatable bonds is 3. The molecular weight excluding hydrogens is 399 g/mol. The quantitative estimate of drug-likeness (QED) is 0.615. The second-order valence-corrected chi connectivity index (χ2v) is 7.42. The van der Waals surface area contributed by atoms with Gasteiger partial charge >= 0.3 is 6.03 Å². The summed E-state index contributed by atoms with van der Waals surface area (Å²) in [6, 6.07) is 14.6. The van der Waals surface area contributed by atoms with Crippen LogP contribution in [0.5, 0.6) is 0 Å². The molecule has 0 radical (unpaired) electrons. The normalized spacial score (nSPS) is 14.9. The number of aromatic nitrogens is 2. The molecule has 0 atom stereocenters. The van der Waals surface area contributed by atoms with E-state index < -0.39 is 0 Å². The molecule has 1 fully saturated rings. The number of likely N-dealkylation sites (tertiary alicyclic amines) is 1. The average molecular weight is 417 g/mol. The van der Waals surface area contributed by atoms with Crippen LogP contribution in [-0.2, 0) is 0 Å². The summed E-state index contributed by atoms with van der Waals surface area (Å²) >= 11 is 12.2. The van der Waals surface area contributed by atoms with Crippen LogP contribution in [0.2, 0.25) is 10.0 Å². The number of nitrogens with one attached hydrogen (secondary N) is 1. The monoisotopic (exact) mass is 416 g/mol. The molecule has 2 heterocycles. The fraction of sp³-hybridized carbons (Fsp3) is 0.250. The van der Waals surface area contributed by atoms with Crippen LogP contribution in [0.15, 0.2) is 53.1 Å². The minimum Gasteiger partial charge on any atom is -0.339 e. The van der Waals surface area contributed by atoms with E-state index in [1.54, 1.807) is 23.1 Å². The highest BCUT2D eigenvalue weighted by Crippen LogP contribution is 2.32. The summed E-state index contributed by atoms with van der Waals surface area (Å²) in [5, 5.41) is 7.71. The topological polar surface area (TPSA) is 71.3 Å². The molecule has 0 aliphatic carbocycles. The number of benzene rings is 2. The van der Waals surface area contributed by atoms with Gasteiger partial charge in [-0.2, -0.15) is 4.98 Å². The Balaban J connectivity index is 1.37. The van der Waals surface area contributed by atoms with Crippen LogP contribution in [0.4, 0.5) is 10.5 Å². The van der Waals surface area contributed by atoms with Crippen molar-refractivity contribution in [3.05, 3.63) is 64.5 Å². The molecule has 8 heteroatoms. The first kappa shape index (κ1) is 18.8. The van der Waals surface area contributed by atoms with Gasteiger partial charge in [-0.15, -0.1) is 0 Å². The number of hydrogen-bond acceptors (Lipinski definition) is 4. The van der Waals surface area contributed by atoms with Crippen molar-refractivity contribution in [2.24, 2.45) is 0 Å². The van der Waals surface area contributed by atoms with Crippen LogP contribution >= 0.6 is 23.2 Å². The third-order valence-corrected chi connectivity index (χ3v) is 5.43. The number of nitrogens with zero attached hydrogens (tertiary/aromatic N) is 3. The van der Waals surface area contributed by atoms with Gasteiger partial charge in [0.15, 0.2) is 0 Å². The molecule has 6 nitrogen and oxygen atoms in total. The van der Waals surface area contributed by atoms with Crippen molar-refractivity contribution in [3.8, 4) is 11.4 Å². The number of carbonyl (C=O) groups excluding carboxylic acids is 1. The fourth-order valence-corrected chi connectivity index (χ4v) is 3.73. The summed E-state index contributed by atoms with van der Waals surface area (Å²) in [6.45, 7) is 1.17. The van der Waals surface area contributed by atoms with Gasteiger partial charge in [-0.25, -0.2) is 4.79 Å². The molecule has 144 valence electrons. The minimum atomic E-state index is -0.219. The lowest BCUT2D eigenvalue weighted by molar-refractivity contribution is 0.187. The van der Waals surface area contributed by atoms with Gasteiger partial charge in [-0.1, -0.05) is 64.8 Å². The highest BCUT2D eigenvalue weighted by atomic mass is 35.5. The lowest BCUT2D eigenvalue weighted by Gasteiger charge is -2.30. The zero-order valence-electron chi connectivity index (χ0n) is 14.9.